The van der Waals surface area contributed by atoms with E-state index in [0.717, 1.165) is 41.3 Å². The smallest absolute Gasteiger partial charge is 0.157 e. The van der Waals surface area contributed by atoms with Gasteiger partial charge in [-0.15, -0.1) is 0 Å². The second-order valence-electron chi connectivity index (χ2n) is 8.06. The lowest BCUT2D eigenvalue weighted by Crippen LogP contribution is -2.30. The van der Waals surface area contributed by atoms with E-state index in [1.54, 1.807) is 23.6 Å². The van der Waals surface area contributed by atoms with Crippen LogP contribution in [0.4, 0.5) is 15.9 Å². The molecule has 1 aliphatic heterocycles. The molecule has 4 aromatic rings. The Morgan fingerprint density at radius 3 is 2.91 bits per heavy atom. The monoisotopic (exact) mass is 461 g/mol. The Bertz CT molecular complexity index is 1300. The summed E-state index contributed by atoms with van der Waals surface area (Å²) in [6.07, 6.45) is 5.74. The lowest BCUT2D eigenvalue weighted by Gasteiger charge is -2.13. The lowest BCUT2D eigenvalue weighted by molar-refractivity contribution is 0.564. The zero-order valence-corrected chi connectivity index (χ0v) is 19.1. The molecule has 3 aromatic heterocycles. The van der Waals surface area contributed by atoms with Gasteiger partial charge in [-0.2, -0.15) is 0 Å². The van der Waals surface area contributed by atoms with Crippen LogP contribution in [-0.2, 0) is 19.4 Å². The Morgan fingerprint density at radius 2 is 2.03 bits per heavy atom. The third-order valence-corrected chi connectivity index (χ3v) is 6.56. The number of fused-ring (bicyclic) bond motifs is 2. The van der Waals surface area contributed by atoms with Gasteiger partial charge in [-0.25, -0.2) is 19.3 Å². The maximum Gasteiger partial charge on any atom is 0.157 e. The highest BCUT2D eigenvalue weighted by Gasteiger charge is 2.16. The third kappa shape index (κ3) is 5.04. The van der Waals surface area contributed by atoms with Crippen LogP contribution in [0.5, 0.6) is 0 Å². The summed E-state index contributed by atoms with van der Waals surface area (Å²) in [6.45, 7) is 3.24. The molecule has 1 aromatic carbocycles. The molecule has 0 amide bonds. The van der Waals surface area contributed by atoms with Crippen LogP contribution in [0.25, 0.3) is 10.3 Å². The van der Waals surface area contributed by atoms with Gasteiger partial charge in [-0.3, -0.25) is 9.98 Å². The van der Waals surface area contributed by atoms with Crippen molar-refractivity contribution in [2.24, 2.45) is 4.99 Å². The van der Waals surface area contributed by atoms with Crippen molar-refractivity contribution in [1.29, 1.82) is 0 Å². The summed E-state index contributed by atoms with van der Waals surface area (Å²) in [5, 5.41) is 7.71. The van der Waals surface area contributed by atoms with E-state index in [2.05, 4.69) is 50.7 Å². The van der Waals surface area contributed by atoms with Crippen LogP contribution in [0.2, 0.25) is 0 Å². The zero-order chi connectivity index (χ0) is 22.6. The van der Waals surface area contributed by atoms with Crippen LogP contribution in [0.15, 0.2) is 53.9 Å². The molecular weight excluding hydrogens is 437 g/mol. The number of aliphatic imine (C=N–C) groups is 1. The largest absolute Gasteiger partial charge is 0.362 e. The van der Waals surface area contributed by atoms with Crippen molar-refractivity contribution >= 4 is 38.9 Å². The molecule has 0 saturated heterocycles. The number of hydrogen-bond donors (Lipinski definition) is 2. The van der Waals surface area contributed by atoms with Gasteiger partial charge in [0.05, 0.1) is 22.9 Å². The maximum atomic E-state index is 13.8. The number of halogens is 1. The van der Waals surface area contributed by atoms with Gasteiger partial charge in [0, 0.05) is 43.8 Å². The number of hydrogen-bond acceptors (Lipinski definition) is 8. The normalized spacial score (nSPS) is 13.7. The summed E-state index contributed by atoms with van der Waals surface area (Å²) < 4.78 is 13.8. The first-order valence-electron chi connectivity index (χ1n) is 11.0. The Morgan fingerprint density at radius 1 is 1.12 bits per heavy atom. The fourth-order valence-corrected chi connectivity index (χ4v) is 4.82. The molecule has 0 fully saturated rings. The Balaban J connectivity index is 1.16. The Hall–Kier alpha value is -3.30. The van der Waals surface area contributed by atoms with Gasteiger partial charge in [0.2, 0.25) is 0 Å². The summed E-state index contributed by atoms with van der Waals surface area (Å²) >= 11 is 1.56. The van der Waals surface area contributed by atoms with E-state index in [-0.39, 0.29) is 12.4 Å². The predicted molar refractivity (Wildman–Crippen MR) is 130 cm³/mol. The molecule has 0 radical (unpaired) electrons. The number of aromatic nitrogens is 4. The molecule has 0 spiro atoms. The average molecular weight is 462 g/mol. The van der Waals surface area contributed by atoms with Crippen molar-refractivity contribution in [3.05, 3.63) is 71.0 Å². The summed E-state index contributed by atoms with van der Waals surface area (Å²) in [6, 6.07) is 11.6. The molecule has 168 valence electrons. The molecule has 1 unspecified atom stereocenters. The second kappa shape index (κ2) is 9.68. The molecule has 5 rings (SSSR count). The van der Waals surface area contributed by atoms with Gasteiger partial charge >= 0.3 is 0 Å². The van der Waals surface area contributed by atoms with Crippen molar-refractivity contribution in [2.45, 2.75) is 38.8 Å². The second-order valence-corrected chi connectivity index (χ2v) is 9.12. The molecule has 1 atom stereocenters. The number of benzene rings is 1. The minimum absolute atomic E-state index is 0.235. The molecule has 7 nitrogen and oxygen atoms in total. The quantitative estimate of drug-likeness (QED) is 0.382. The number of anilines is 1. The van der Waals surface area contributed by atoms with Gasteiger partial charge in [0.15, 0.2) is 5.82 Å². The molecular formula is C24H24FN7S. The number of para-hydroxylation sites is 1. The molecule has 0 saturated carbocycles. The van der Waals surface area contributed by atoms with Gasteiger partial charge in [-0.05, 0) is 30.7 Å². The van der Waals surface area contributed by atoms with Crippen molar-refractivity contribution in [2.75, 3.05) is 11.9 Å². The van der Waals surface area contributed by atoms with Crippen molar-refractivity contribution in [1.82, 2.24) is 25.3 Å². The number of thiazole rings is 1. The van der Waals surface area contributed by atoms with Crippen LogP contribution in [-0.4, -0.2) is 38.2 Å². The standard InChI is InChI=1S/C24H24FN7S/c1-15(11-17-12-16-5-2-3-7-19(16)31-17)26-10-8-21-32-22-23(29-14-30-24(22)33-21)28-13-20-18(25)6-4-9-27-20/h2-7,9,14-15,26H,8,10-13H2,1H3,(H,28,29,30). The van der Waals surface area contributed by atoms with Gasteiger partial charge in [0.25, 0.3) is 0 Å². The van der Waals surface area contributed by atoms with E-state index in [0.29, 0.717) is 23.1 Å². The first kappa shape index (κ1) is 21.5. The topological polar surface area (TPSA) is 88.0 Å². The molecule has 9 heteroatoms. The highest BCUT2D eigenvalue weighted by Crippen LogP contribution is 2.27. The lowest BCUT2D eigenvalue weighted by atomic mass is 10.1. The SMILES string of the molecule is CC(CC1=Nc2ccccc2C1)NCCc1nc2c(NCc3ncccc3F)ncnc2s1. The zero-order valence-electron chi connectivity index (χ0n) is 18.3. The van der Waals surface area contributed by atoms with Crippen molar-refractivity contribution in [3.63, 3.8) is 0 Å². The fourth-order valence-electron chi connectivity index (χ4n) is 3.92. The molecule has 2 N–H and O–H groups in total. The van der Waals surface area contributed by atoms with Crippen molar-refractivity contribution < 1.29 is 4.39 Å². The van der Waals surface area contributed by atoms with Crippen LogP contribution in [0, 0.1) is 5.82 Å². The van der Waals surface area contributed by atoms with Crippen LogP contribution in [0.3, 0.4) is 0 Å². The molecule has 0 bridgehead atoms. The Labute approximate surface area is 195 Å². The van der Waals surface area contributed by atoms with E-state index in [9.17, 15) is 4.39 Å². The maximum absolute atomic E-state index is 13.8. The Kier molecular flexibility index (Phi) is 6.32. The number of rotatable bonds is 9. The minimum atomic E-state index is -0.345. The highest BCUT2D eigenvalue weighted by atomic mass is 32.1. The first-order chi connectivity index (χ1) is 16.2. The van der Waals surface area contributed by atoms with Crippen molar-refractivity contribution in [3.8, 4) is 0 Å². The molecule has 33 heavy (non-hydrogen) atoms. The van der Waals surface area contributed by atoms with Crippen LogP contribution >= 0.6 is 11.3 Å². The molecule has 4 heterocycles. The van der Waals surface area contributed by atoms with Gasteiger partial charge < -0.3 is 10.6 Å². The van der Waals surface area contributed by atoms with E-state index < -0.39 is 0 Å². The van der Waals surface area contributed by atoms with Crippen LogP contribution in [0.1, 0.15) is 29.6 Å². The summed E-state index contributed by atoms with van der Waals surface area (Å²) in [4.78, 5) is 23.0. The minimum Gasteiger partial charge on any atom is -0.362 e. The number of pyridine rings is 1. The molecule has 0 aliphatic carbocycles. The molecule has 1 aliphatic rings. The van der Waals surface area contributed by atoms with E-state index in [1.807, 2.05) is 6.07 Å². The fraction of sp³-hybridized carbons (Fsp3) is 0.292. The van der Waals surface area contributed by atoms with Gasteiger partial charge in [0.1, 0.15) is 22.5 Å². The third-order valence-electron chi connectivity index (χ3n) is 5.54. The summed E-state index contributed by atoms with van der Waals surface area (Å²) in [7, 11) is 0. The van der Waals surface area contributed by atoms with E-state index in [1.165, 1.54) is 23.7 Å². The van der Waals surface area contributed by atoms with Crippen LogP contribution < -0.4 is 10.6 Å². The van der Waals surface area contributed by atoms with Gasteiger partial charge in [-0.1, -0.05) is 29.5 Å². The number of nitrogens with zero attached hydrogens (tertiary/aromatic N) is 5. The first-order valence-corrected chi connectivity index (χ1v) is 11.8. The number of nitrogens with one attached hydrogen (secondary N) is 2. The average Bonchev–Trinajstić information content (AvgIpc) is 3.42. The predicted octanol–water partition coefficient (Wildman–Crippen LogP) is 4.47. The summed E-state index contributed by atoms with van der Waals surface area (Å²) in [5.74, 6) is 0.245. The highest BCUT2D eigenvalue weighted by molar-refractivity contribution is 7.18. The van der Waals surface area contributed by atoms with E-state index in [4.69, 9.17) is 9.98 Å². The van der Waals surface area contributed by atoms with E-state index >= 15 is 0 Å². The summed E-state index contributed by atoms with van der Waals surface area (Å²) in [5.41, 5.74) is 4.69.